The number of hydrogen-bond donors (Lipinski definition) is 3. The Bertz CT molecular complexity index is 1040. The molecule has 1 amide bonds. The van der Waals surface area contributed by atoms with E-state index in [4.69, 9.17) is 0 Å². The standard InChI is InChI=1S/C20H16Br2N2O3/c21-16-10-15(19(26)18(22)20(16)27)11-23-24-17(25)8-6-12-5-7-13-3-1-2-4-14(13)9-12/h1-5,7,9-11,26-27H,6,8H2,(H,24,25)/b23-11+. The predicted octanol–water partition coefficient (Wildman–Crippen LogP) is 4.86. The lowest BCUT2D eigenvalue weighted by atomic mass is 10.0. The van der Waals surface area contributed by atoms with Gasteiger partial charge in [0, 0.05) is 12.0 Å². The molecular weight excluding hydrogens is 476 g/mol. The molecule has 0 radical (unpaired) electrons. The molecular formula is C20H16Br2N2O3. The monoisotopic (exact) mass is 490 g/mol. The van der Waals surface area contributed by atoms with E-state index in [1.165, 1.54) is 17.7 Å². The Balaban J connectivity index is 1.59. The number of phenolic OH excluding ortho intramolecular Hbond substituents is 2. The van der Waals surface area contributed by atoms with Gasteiger partial charge in [0.25, 0.3) is 0 Å². The first-order chi connectivity index (χ1) is 13.0. The van der Waals surface area contributed by atoms with Gasteiger partial charge in [0.2, 0.25) is 5.91 Å². The minimum Gasteiger partial charge on any atom is -0.506 e. The lowest BCUT2D eigenvalue weighted by Crippen LogP contribution is -2.17. The van der Waals surface area contributed by atoms with Crippen LogP contribution in [0.1, 0.15) is 17.5 Å². The second-order valence-corrected chi connectivity index (χ2v) is 7.58. The van der Waals surface area contributed by atoms with Crippen molar-refractivity contribution in [3.63, 3.8) is 0 Å². The predicted molar refractivity (Wildman–Crippen MR) is 113 cm³/mol. The third-order valence-corrected chi connectivity index (χ3v) is 5.40. The highest BCUT2D eigenvalue weighted by Gasteiger charge is 2.12. The van der Waals surface area contributed by atoms with E-state index < -0.39 is 0 Å². The van der Waals surface area contributed by atoms with Crippen molar-refractivity contribution in [2.45, 2.75) is 12.8 Å². The molecule has 3 rings (SSSR count). The number of fused-ring (bicyclic) bond motifs is 1. The van der Waals surface area contributed by atoms with Gasteiger partial charge in [0.1, 0.15) is 16.0 Å². The van der Waals surface area contributed by atoms with Gasteiger partial charge in [-0.15, -0.1) is 0 Å². The van der Waals surface area contributed by atoms with Crippen LogP contribution in [0.5, 0.6) is 11.5 Å². The van der Waals surface area contributed by atoms with E-state index in [2.05, 4.69) is 54.5 Å². The molecule has 0 aromatic heterocycles. The summed E-state index contributed by atoms with van der Waals surface area (Å²) in [7, 11) is 0. The highest BCUT2D eigenvalue weighted by atomic mass is 79.9. The number of carbonyl (C=O) groups excluding carboxylic acids is 1. The summed E-state index contributed by atoms with van der Waals surface area (Å²) in [5, 5.41) is 25.9. The van der Waals surface area contributed by atoms with Crippen LogP contribution in [0.3, 0.4) is 0 Å². The first-order valence-corrected chi connectivity index (χ1v) is 9.74. The average Bonchev–Trinajstić information content (AvgIpc) is 2.68. The van der Waals surface area contributed by atoms with Gasteiger partial charge in [-0.05, 0) is 60.7 Å². The molecule has 0 spiro atoms. The topological polar surface area (TPSA) is 81.9 Å². The van der Waals surface area contributed by atoms with Gasteiger partial charge in [-0.3, -0.25) is 4.79 Å². The van der Waals surface area contributed by atoms with E-state index in [-0.39, 0.29) is 21.9 Å². The average molecular weight is 492 g/mol. The number of hydrazone groups is 1. The van der Waals surface area contributed by atoms with E-state index >= 15 is 0 Å². The Hall–Kier alpha value is -2.38. The number of rotatable bonds is 5. The highest BCUT2D eigenvalue weighted by molar-refractivity contribution is 9.11. The molecule has 0 aliphatic carbocycles. The molecule has 7 heteroatoms. The van der Waals surface area contributed by atoms with Gasteiger partial charge in [-0.25, -0.2) is 5.43 Å². The van der Waals surface area contributed by atoms with Crippen LogP contribution < -0.4 is 5.43 Å². The summed E-state index contributed by atoms with van der Waals surface area (Å²) < 4.78 is 0.553. The summed E-state index contributed by atoms with van der Waals surface area (Å²) in [5.74, 6) is -0.496. The Morgan fingerprint density at radius 3 is 2.56 bits per heavy atom. The second-order valence-electron chi connectivity index (χ2n) is 5.93. The Kier molecular flexibility index (Phi) is 6.13. The Morgan fingerprint density at radius 2 is 1.78 bits per heavy atom. The van der Waals surface area contributed by atoms with Crippen LogP contribution in [0.4, 0.5) is 0 Å². The number of halogens is 2. The van der Waals surface area contributed by atoms with Crippen molar-refractivity contribution < 1.29 is 15.0 Å². The van der Waals surface area contributed by atoms with Crippen molar-refractivity contribution in [1.29, 1.82) is 0 Å². The number of carbonyl (C=O) groups is 1. The maximum absolute atomic E-state index is 12.0. The normalized spacial score (nSPS) is 11.2. The smallest absolute Gasteiger partial charge is 0.240 e. The minimum absolute atomic E-state index is 0.107. The number of benzene rings is 3. The molecule has 0 bridgehead atoms. The first-order valence-electron chi connectivity index (χ1n) is 8.15. The number of phenols is 2. The number of nitrogens with zero attached hydrogens (tertiary/aromatic N) is 1. The third kappa shape index (κ3) is 4.67. The van der Waals surface area contributed by atoms with Crippen LogP contribution in [-0.4, -0.2) is 22.3 Å². The summed E-state index contributed by atoms with van der Waals surface area (Å²) in [6.45, 7) is 0. The SMILES string of the molecule is O=C(CCc1ccc2ccccc2c1)N/N=C/c1cc(Br)c(O)c(Br)c1O. The summed E-state index contributed by atoms with van der Waals surface area (Å²) in [5.41, 5.74) is 3.87. The number of aryl methyl sites for hydroxylation is 1. The van der Waals surface area contributed by atoms with Gasteiger partial charge in [0.15, 0.2) is 0 Å². The van der Waals surface area contributed by atoms with Crippen LogP contribution >= 0.6 is 31.9 Å². The lowest BCUT2D eigenvalue weighted by Gasteiger charge is -2.06. The lowest BCUT2D eigenvalue weighted by molar-refractivity contribution is -0.121. The van der Waals surface area contributed by atoms with Crippen LogP contribution in [0.2, 0.25) is 0 Å². The van der Waals surface area contributed by atoms with Crippen LogP contribution in [0.25, 0.3) is 10.8 Å². The molecule has 0 fully saturated rings. The number of nitrogens with one attached hydrogen (secondary N) is 1. The summed E-state index contributed by atoms with van der Waals surface area (Å²) in [6, 6.07) is 15.7. The molecule has 3 N–H and O–H groups in total. The zero-order valence-corrected chi connectivity index (χ0v) is 17.3. The van der Waals surface area contributed by atoms with Crippen LogP contribution in [-0.2, 0) is 11.2 Å². The molecule has 5 nitrogen and oxygen atoms in total. The molecule has 3 aromatic rings. The number of hydrogen-bond acceptors (Lipinski definition) is 4. The summed E-state index contributed by atoms with van der Waals surface area (Å²) in [4.78, 5) is 12.0. The Morgan fingerprint density at radius 1 is 1.04 bits per heavy atom. The summed E-state index contributed by atoms with van der Waals surface area (Å²) in [6.07, 6.45) is 2.22. The summed E-state index contributed by atoms with van der Waals surface area (Å²) >= 11 is 6.27. The van der Waals surface area contributed by atoms with Gasteiger partial charge in [-0.2, -0.15) is 5.10 Å². The van der Waals surface area contributed by atoms with Gasteiger partial charge < -0.3 is 10.2 Å². The largest absolute Gasteiger partial charge is 0.506 e. The molecule has 0 aliphatic heterocycles. The van der Waals surface area contributed by atoms with Gasteiger partial charge in [-0.1, -0.05) is 42.5 Å². The molecule has 0 aliphatic rings. The fourth-order valence-electron chi connectivity index (χ4n) is 2.60. The zero-order chi connectivity index (χ0) is 19.4. The van der Waals surface area contributed by atoms with Crippen molar-refractivity contribution in [3.05, 3.63) is 68.6 Å². The number of amides is 1. The highest BCUT2D eigenvalue weighted by Crippen LogP contribution is 2.40. The molecule has 0 saturated heterocycles. The quantitative estimate of drug-likeness (QED) is 0.352. The van der Waals surface area contributed by atoms with Crippen molar-refractivity contribution in [2.75, 3.05) is 0 Å². The molecule has 3 aromatic carbocycles. The van der Waals surface area contributed by atoms with Gasteiger partial charge >= 0.3 is 0 Å². The van der Waals surface area contributed by atoms with Crippen molar-refractivity contribution >= 4 is 54.8 Å². The molecule has 0 atom stereocenters. The fraction of sp³-hybridized carbons (Fsp3) is 0.100. The van der Waals surface area contributed by atoms with E-state index in [0.717, 1.165) is 10.9 Å². The fourth-order valence-corrected chi connectivity index (χ4v) is 3.75. The molecule has 0 saturated carbocycles. The van der Waals surface area contributed by atoms with E-state index in [9.17, 15) is 15.0 Å². The van der Waals surface area contributed by atoms with Crippen molar-refractivity contribution in [3.8, 4) is 11.5 Å². The van der Waals surface area contributed by atoms with Gasteiger partial charge in [0.05, 0.1) is 10.7 Å². The van der Waals surface area contributed by atoms with Crippen LogP contribution in [0.15, 0.2) is 62.6 Å². The second kappa shape index (κ2) is 8.54. The number of aromatic hydroxyl groups is 2. The van der Waals surface area contributed by atoms with E-state index in [0.29, 0.717) is 22.9 Å². The zero-order valence-electron chi connectivity index (χ0n) is 14.1. The Labute approximate surface area is 173 Å². The van der Waals surface area contributed by atoms with E-state index in [1.54, 1.807) is 0 Å². The van der Waals surface area contributed by atoms with Crippen molar-refractivity contribution in [1.82, 2.24) is 5.43 Å². The first kappa shape index (κ1) is 19.4. The van der Waals surface area contributed by atoms with E-state index in [1.807, 2.05) is 30.3 Å². The molecule has 0 unspecified atom stereocenters. The minimum atomic E-state index is -0.226. The maximum Gasteiger partial charge on any atom is 0.240 e. The third-order valence-electron chi connectivity index (χ3n) is 4.05. The molecule has 27 heavy (non-hydrogen) atoms. The molecule has 138 valence electrons. The van der Waals surface area contributed by atoms with Crippen LogP contribution in [0, 0.1) is 0 Å². The molecule has 0 heterocycles. The van der Waals surface area contributed by atoms with Crippen molar-refractivity contribution in [2.24, 2.45) is 5.10 Å². The maximum atomic E-state index is 12.0.